The van der Waals surface area contributed by atoms with Gasteiger partial charge < -0.3 is 5.32 Å². The molecule has 2 rings (SSSR count). The first-order valence-corrected chi connectivity index (χ1v) is 6.81. The lowest BCUT2D eigenvalue weighted by molar-refractivity contribution is 0.104. The van der Waals surface area contributed by atoms with Gasteiger partial charge >= 0.3 is 0 Å². The highest BCUT2D eigenvalue weighted by molar-refractivity contribution is 6.35. The zero-order chi connectivity index (χ0) is 14.5. The van der Waals surface area contributed by atoms with E-state index in [2.05, 4.69) is 5.32 Å². The third kappa shape index (κ3) is 3.86. The zero-order valence-corrected chi connectivity index (χ0v) is 12.4. The first kappa shape index (κ1) is 14.6. The van der Waals surface area contributed by atoms with E-state index in [1.165, 1.54) is 6.08 Å². The summed E-state index contributed by atoms with van der Waals surface area (Å²) in [5.74, 6) is -0.0613. The Hall–Kier alpha value is -1.77. The van der Waals surface area contributed by atoms with E-state index in [-0.39, 0.29) is 5.78 Å². The first-order valence-electron chi connectivity index (χ1n) is 6.06. The number of hydrogen-bond donors (Lipinski definition) is 1. The fourth-order valence-electron chi connectivity index (χ4n) is 1.72. The number of hydrogen-bond acceptors (Lipinski definition) is 2. The molecule has 102 valence electrons. The number of ketones is 1. The van der Waals surface area contributed by atoms with E-state index in [9.17, 15) is 4.79 Å². The number of halogens is 2. The lowest BCUT2D eigenvalue weighted by Crippen LogP contribution is -2.01. The average molecular weight is 306 g/mol. The van der Waals surface area contributed by atoms with Crippen molar-refractivity contribution in [3.05, 3.63) is 75.9 Å². The summed E-state index contributed by atoms with van der Waals surface area (Å²) in [5.41, 5.74) is 2.02. The predicted octanol–water partition coefficient (Wildman–Crippen LogP) is 5.19. The van der Waals surface area contributed by atoms with Crippen LogP contribution in [0.25, 0.3) is 0 Å². The molecule has 0 spiro atoms. The lowest BCUT2D eigenvalue weighted by Gasteiger charge is -2.09. The molecule has 2 aromatic rings. The molecule has 0 fully saturated rings. The van der Waals surface area contributed by atoms with E-state index >= 15 is 0 Å². The molecule has 0 saturated heterocycles. The number of allylic oxidation sites excluding steroid dienone is 2. The topological polar surface area (TPSA) is 29.1 Å². The second kappa shape index (κ2) is 6.60. The first-order chi connectivity index (χ1) is 9.56. The average Bonchev–Trinajstić information content (AvgIpc) is 2.43. The predicted molar refractivity (Wildman–Crippen MR) is 84.6 cm³/mol. The molecular formula is C16H13Cl2NO. The van der Waals surface area contributed by atoms with Crippen LogP contribution in [0.5, 0.6) is 0 Å². The Bertz CT molecular complexity index is 651. The molecule has 0 saturated carbocycles. The van der Waals surface area contributed by atoms with Crippen LogP contribution in [0.15, 0.2) is 60.3 Å². The van der Waals surface area contributed by atoms with E-state index in [4.69, 9.17) is 23.2 Å². The van der Waals surface area contributed by atoms with Gasteiger partial charge in [0.1, 0.15) is 0 Å². The summed E-state index contributed by atoms with van der Waals surface area (Å²) in [5, 5.41) is 4.21. The number of rotatable bonds is 4. The van der Waals surface area contributed by atoms with Crippen LogP contribution >= 0.6 is 23.2 Å². The molecule has 0 aromatic heterocycles. The molecule has 0 aliphatic heterocycles. The summed E-state index contributed by atoms with van der Waals surface area (Å²) >= 11 is 12.0. The summed E-state index contributed by atoms with van der Waals surface area (Å²) in [4.78, 5) is 12.0. The standard InChI is InChI=1S/C16H13Cl2NO/c1-11(9-16(20)12-5-3-2-4-6-12)19-15-10-13(17)7-8-14(15)18/h2-10,19H,1H3. The van der Waals surface area contributed by atoms with Crippen LogP contribution in [0.2, 0.25) is 10.0 Å². The van der Waals surface area contributed by atoms with Gasteiger partial charge in [-0.3, -0.25) is 4.79 Å². The molecule has 20 heavy (non-hydrogen) atoms. The van der Waals surface area contributed by atoms with Crippen molar-refractivity contribution in [3.63, 3.8) is 0 Å². The van der Waals surface area contributed by atoms with E-state index in [1.54, 1.807) is 37.3 Å². The smallest absolute Gasteiger partial charge is 0.187 e. The van der Waals surface area contributed by atoms with Gasteiger partial charge in [-0.1, -0.05) is 53.5 Å². The van der Waals surface area contributed by atoms with Gasteiger partial charge in [-0.25, -0.2) is 0 Å². The Balaban J connectivity index is 2.15. The van der Waals surface area contributed by atoms with Crippen molar-refractivity contribution >= 4 is 34.7 Å². The highest BCUT2D eigenvalue weighted by Crippen LogP contribution is 2.26. The molecule has 0 aliphatic carbocycles. The molecule has 1 N–H and O–H groups in total. The number of nitrogens with one attached hydrogen (secondary N) is 1. The van der Waals surface area contributed by atoms with Crippen LogP contribution in [0.3, 0.4) is 0 Å². The summed E-state index contributed by atoms with van der Waals surface area (Å²) in [6.07, 6.45) is 1.53. The molecule has 0 radical (unpaired) electrons. The molecule has 0 heterocycles. The van der Waals surface area contributed by atoms with Crippen LogP contribution in [0.4, 0.5) is 5.69 Å². The van der Waals surface area contributed by atoms with E-state index in [0.29, 0.717) is 27.0 Å². The molecule has 4 heteroatoms. The molecular weight excluding hydrogens is 293 g/mol. The minimum atomic E-state index is -0.0613. The van der Waals surface area contributed by atoms with E-state index in [1.807, 2.05) is 18.2 Å². The van der Waals surface area contributed by atoms with Crippen LogP contribution in [0, 0.1) is 0 Å². The number of benzene rings is 2. The van der Waals surface area contributed by atoms with Crippen molar-refractivity contribution in [2.75, 3.05) is 5.32 Å². The summed E-state index contributed by atoms with van der Waals surface area (Å²) in [6.45, 7) is 1.80. The monoisotopic (exact) mass is 305 g/mol. The number of carbonyl (C=O) groups excluding carboxylic acids is 1. The van der Waals surface area contributed by atoms with Crippen molar-refractivity contribution in [3.8, 4) is 0 Å². The van der Waals surface area contributed by atoms with Crippen molar-refractivity contribution in [1.82, 2.24) is 0 Å². The van der Waals surface area contributed by atoms with Gasteiger partial charge in [-0.05, 0) is 25.1 Å². The maximum atomic E-state index is 12.0. The van der Waals surface area contributed by atoms with Crippen molar-refractivity contribution < 1.29 is 4.79 Å². The molecule has 0 unspecified atom stereocenters. The van der Waals surface area contributed by atoms with Crippen molar-refractivity contribution in [1.29, 1.82) is 0 Å². The Morgan fingerprint density at radius 2 is 1.80 bits per heavy atom. The summed E-state index contributed by atoms with van der Waals surface area (Å²) in [6, 6.07) is 14.2. The summed E-state index contributed by atoms with van der Waals surface area (Å²) in [7, 11) is 0. The molecule has 0 atom stereocenters. The van der Waals surface area contributed by atoms with Gasteiger partial charge in [0.05, 0.1) is 10.7 Å². The fourth-order valence-corrected chi connectivity index (χ4v) is 2.06. The normalized spacial score (nSPS) is 11.2. The maximum absolute atomic E-state index is 12.0. The van der Waals surface area contributed by atoms with Crippen LogP contribution in [-0.2, 0) is 0 Å². The highest BCUT2D eigenvalue weighted by Gasteiger charge is 2.04. The second-order valence-corrected chi connectivity index (χ2v) is 5.15. The third-order valence-corrected chi connectivity index (χ3v) is 3.23. The van der Waals surface area contributed by atoms with E-state index in [0.717, 1.165) is 0 Å². The van der Waals surface area contributed by atoms with Crippen molar-refractivity contribution in [2.24, 2.45) is 0 Å². The molecule has 2 aromatic carbocycles. The molecule has 0 bridgehead atoms. The number of carbonyl (C=O) groups is 1. The fraction of sp³-hybridized carbons (Fsp3) is 0.0625. The van der Waals surface area contributed by atoms with Crippen molar-refractivity contribution in [2.45, 2.75) is 6.92 Å². The number of anilines is 1. The van der Waals surface area contributed by atoms with Gasteiger partial charge in [0.25, 0.3) is 0 Å². The Morgan fingerprint density at radius 3 is 2.50 bits per heavy atom. The van der Waals surface area contributed by atoms with Gasteiger partial charge in [0.15, 0.2) is 5.78 Å². The maximum Gasteiger partial charge on any atom is 0.187 e. The van der Waals surface area contributed by atoms with Crippen LogP contribution < -0.4 is 5.32 Å². The van der Waals surface area contributed by atoms with Crippen LogP contribution in [-0.4, -0.2) is 5.78 Å². The molecule has 0 aliphatic rings. The zero-order valence-electron chi connectivity index (χ0n) is 10.9. The highest BCUT2D eigenvalue weighted by atomic mass is 35.5. The minimum Gasteiger partial charge on any atom is -0.358 e. The van der Waals surface area contributed by atoms with E-state index < -0.39 is 0 Å². The van der Waals surface area contributed by atoms with Gasteiger partial charge in [-0.2, -0.15) is 0 Å². The SMILES string of the molecule is CC(=CC(=O)c1ccccc1)Nc1cc(Cl)ccc1Cl. The molecule has 0 amide bonds. The third-order valence-electron chi connectivity index (χ3n) is 2.67. The Morgan fingerprint density at radius 1 is 1.10 bits per heavy atom. The molecule has 2 nitrogen and oxygen atoms in total. The Kier molecular flexibility index (Phi) is 4.83. The van der Waals surface area contributed by atoms with Gasteiger partial charge in [0.2, 0.25) is 0 Å². The Labute approximate surface area is 128 Å². The summed E-state index contributed by atoms with van der Waals surface area (Å²) < 4.78 is 0. The van der Waals surface area contributed by atoms with Gasteiger partial charge in [0, 0.05) is 22.4 Å². The quantitative estimate of drug-likeness (QED) is 0.622. The largest absolute Gasteiger partial charge is 0.358 e. The lowest BCUT2D eigenvalue weighted by atomic mass is 10.1. The second-order valence-electron chi connectivity index (χ2n) is 4.31. The minimum absolute atomic E-state index is 0.0613. The van der Waals surface area contributed by atoms with Gasteiger partial charge in [-0.15, -0.1) is 0 Å². The van der Waals surface area contributed by atoms with Crippen LogP contribution in [0.1, 0.15) is 17.3 Å².